The zero-order valence-electron chi connectivity index (χ0n) is 12.1. The second-order valence-electron chi connectivity index (χ2n) is 5.42. The topological polar surface area (TPSA) is 18.5 Å². The first kappa shape index (κ1) is 15.8. The van der Waals surface area contributed by atoms with Crippen LogP contribution in [0.4, 0.5) is 0 Å². The van der Waals surface area contributed by atoms with Gasteiger partial charge in [-0.2, -0.15) is 0 Å². The van der Waals surface area contributed by atoms with Crippen LogP contribution in [0.5, 0.6) is 11.5 Å². The molecule has 0 aromatic heterocycles. The minimum Gasteiger partial charge on any atom is -0.493 e. The van der Waals surface area contributed by atoms with E-state index < -0.39 is 0 Å². The number of rotatable bonds is 6. The van der Waals surface area contributed by atoms with Crippen molar-refractivity contribution < 1.29 is 9.47 Å². The average molecular weight is 317 g/mol. The van der Waals surface area contributed by atoms with Crippen molar-refractivity contribution in [3.63, 3.8) is 0 Å². The zero-order valence-corrected chi connectivity index (χ0v) is 13.6. The standard InChI is InChI=1S/C16H22Cl2O2/c1-19-15-9-12(14(18)10-16(15)20-2)13(17)8-7-11-5-3-4-6-11/h9-11,13H,3-8H2,1-2H3. The summed E-state index contributed by atoms with van der Waals surface area (Å²) in [5.74, 6) is 2.16. The van der Waals surface area contributed by atoms with Crippen molar-refractivity contribution in [2.24, 2.45) is 5.92 Å². The predicted octanol–water partition coefficient (Wildman–Crippen LogP) is 5.61. The highest BCUT2D eigenvalue weighted by atomic mass is 35.5. The Bertz CT molecular complexity index is 442. The molecule has 0 radical (unpaired) electrons. The van der Waals surface area contributed by atoms with Crippen LogP contribution in [0.25, 0.3) is 0 Å². The summed E-state index contributed by atoms with van der Waals surface area (Å²) in [4.78, 5) is 0. The summed E-state index contributed by atoms with van der Waals surface area (Å²) in [6, 6.07) is 3.67. The molecule has 1 aromatic carbocycles. The summed E-state index contributed by atoms with van der Waals surface area (Å²) >= 11 is 12.8. The Morgan fingerprint density at radius 1 is 1.15 bits per heavy atom. The molecule has 20 heavy (non-hydrogen) atoms. The van der Waals surface area contributed by atoms with E-state index in [2.05, 4.69) is 0 Å². The van der Waals surface area contributed by atoms with E-state index >= 15 is 0 Å². The normalized spacial score (nSPS) is 17.2. The Morgan fingerprint density at radius 3 is 2.35 bits per heavy atom. The second kappa shape index (κ2) is 7.42. The third kappa shape index (κ3) is 3.73. The average Bonchev–Trinajstić information content (AvgIpc) is 2.97. The smallest absolute Gasteiger partial charge is 0.162 e. The predicted molar refractivity (Wildman–Crippen MR) is 84.3 cm³/mol. The maximum Gasteiger partial charge on any atom is 0.162 e. The minimum absolute atomic E-state index is 0.0668. The third-order valence-electron chi connectivity index (χ3n) is 4.14. The number of hydrogen-bond donors (Lipinski definition) is 0. The van der Waals surface area contributed by atoms with E-state index in [1.54, 1.807) is 20.3 Å². The lowest BCUT2D eigenvalue weighted by Gasteiger charge is -2.17. The molecule has 1 saturated carbocycles. The van der Waals surface area contributed by atoms with Gasteiger partial charge in [0, 0.05) is 11.1 Å². The quantitative estimate of drug-likeness (QED) is 0.635. The van der Waals surface area contributed by atoms with Gasteiger partial charge in [-0.15, -0.1) is 11.6 Å². The van der Waals surface area contributed by atoms with Crippen LogP contribution in [0.15, 0.2) is 12.1 Å². The Morgan fingerprint density at radius 2 is 1.75 bits per heavy atom. The molecule has 0 heterocycles. The van der Waals surface area contributed by atoms with Gasteiger partial charge < -0.3 is 9.47 Å². The molecule has 112 valence electrons. The van der Waals surface area contributed by atoms with Gasteiger partial charge in [-0.25, -0.2) is 0 Å². The number of hydrogen-bond acceptors (Lipinski definition) is 2. The van der Waals surface area contributed by atoms with Gasteiger partial charge in [0.2, 0.25) is 0 Å². The number of benzene rings is 1. The van der Waals surface area contributed by atoms with Crippen molar-refractivity contribution in [1.82, 2.24) is 0 Å². The van der Waals surface area contributed by atoms with Crippen molar-refractivity contribution in [3.05, 3.63) is 22.7 Å². The van der Waals surface area contributed by atoms with Crippen LogP contribution in [-0.4, -0.2) is 14.2 Å². The maximum atomic E-state index is 6.53. The highest BCUT2D eigenvalue weighted by Gasteiger charge is 2.20. The summed E-state index contributed by atoms with van der Waals surface area (Å²) in [5.41, 5.74) is 0.934. The third-order valence-corrected chi connectivity index (χ3v) is 4.92. The van der Waals surface area contributed by atoms with E-state index in [0.29, 0.717) is 16.5 Å². The molecular weight excluding hydrogens is 295 g/mol. The van der Waals surface area contributed by atoms with Crippen molar-refractivity contribution in [3.8, 4) is 11.5 Å². The Hall–Kier alpha value is -0.600. The molecule has 1 aromatic rings. The number of ether oxygens (including phenoxy) is 2. The molecule has 4 heteroatoms. The largest absolute Gasteiger partial charge is 0.493 e. The van der Waals surface area contributed by atoms with E-state index in [4.69, 9.17) is 32.7 Å². The SMILES string of the molecule is COc1cc(Cl)c(C(Cl)CCC2CCCC2)cc1OC. The molecule has 0 spiro atoms. The lowest BCUT2D eigenvalue weighted by Crippen LogP contribution is -2.00. The summed E-state index contributed by atoms with van der Waals surface area (Å²) in [7, 11) is 3.23. The highest BCUT2D eigenvalue weighted by Crippen LogP contribution is 2.40. The molecule has 1 unspecified atom stereocenters. The van der Waals surface area contributed by atoms with Crippen LogP contribution in [0.3, 0.4) is 0 Å². The molecule has 2 rings (SSSR count). The molecule has 0 saturated heterocycles. The fourth-order valence-electron chi connectivity index (χ4n) is 2.95. The van der Waals surface area contributed by atoms with E-state index in [1.807, 2.05) is 6.07 Å². The van der Waals surface area contributed by atoms with Crippen LogP contribution in [0.2, 0.25) is 5.02 Å². The molecular formula is C16H22Cl2O2. The van der Waals surface area contributed by atoms with Gasteiger partial charge in [-0.1, -0.05) is 37.3 Å². The Kier molecular flexibility index (Phi) is 5.86. The van der Waals surface area contributed by atoms with Crippen LogP contribution in [0.1, 0.15) is 49.5 Å². The molecule has 0 N–H and O–H groups in total. The van der Waals surface area contributed by atoms with Gasteiger partial charge in [0.1, 0.15) is 0 Å². The fourth-order valence-corrected chi connectivity index (χ4v) is 3.59. The molecule has 1 atom stereocenters. The van der Waals surface area contributed by atoms with Crippen molar-refractivity contribution in [2.75, 3.05) is 14.2 Å². The van der Waals surface area contributed by atoms with Crippen LogP contribution >= 0.6 is 23.2 Å². The molecule has 2 nitrogen and oxygen atoms in total. The lowest BCUT2D eigenvalue weighted by atomic mass is 9.98. The Balaban J connectivity index is 2.06. The number of methoxy groups -OCH3 is 2. The van der Waals surface area contributed by atoms with Crippen LogP contribution < -0.4 is 9.47 Å². The van der Waals surface area contributed by atoms with Gasteiger partial charge in [-0.3, -0.25) is 0 Å². The molecule has 1 fully saturated rings. The summed E-state index contributed by atoms with van der Waals surface area (Å²) in [6.07, 6.45) is 7.58. The zero-order chi connectivity index (χ0) is 14.5. The minimum atomic E-state index is -0.0668. The van der Waals surface area contributed by atoms with Crippen LogP contribution in [0, 0.1) is 5.92 Å². The van der Waals surface area contributed by atoms with E-state index in [-0.39, 0.29) is 5.38 Å². The maximum absolute atomic E-state index is 6.53. The van der Waals surface area contributed by atoms with Gasteiger partial charge in [-0.05, 0) is 30.4 Å². The van der Waals surface area contributed by atoms with Gasteiger partial charge in [0.05, 0.1) is 19.6 Å². The first-order valence-corrected chi connectivity index (χ1v) is 8.02. The summed E-state index contributed by atoms with van der Waals surface area (Å²) < 4.78 is 10.6. The summed E-state index contributed by atoms with van der Waals surface area (Å²) in [5, 5.41) is 0.581. The monoisotopic (exact) mass is 316 g/mol. The second-order valence-corrected chi connectivity index (χ2v) is 6.36. The van der Waals surface area contributed by atoms with Gasteiger partial charge in [0.25, 0.3) is 0 Å². The van der Waals surface area contributed by atoms with E-state index in [9.17, 15) is 0 Å². The van der Waals surface area contributed by atoms with E-state index in [0.717, 1.165) is 17.9 Å². The Labute approximate surface area is 131 Å². The van der Waals surface area contributed by atoms with Crippen molar-refractivity contribution in [1.29, 1.82) is 0 Å². The number of alkyl halides is 1. The van der Waals surface area contributed by atoms with E-state index in [1.165, 1.54) is 32.1 Å². The van der Waals surface area contributed by atoms with Gasteiger partial charge in [0.15, 0.2) is 11.5 Å². The molecule has 0 bridgehead atoms. The first-order chi connectivity index (χ1) is 9.65. The first-order valence-electron chi connectivity index (χ1n) is 7.21. The van der Waals surface area contributed by atoms with Crippen molar-refractivity contribution in [2.45, 2.75) is 43.9 Å². The fraction of sp³-hybridized carbons (Fsp3) is 0.625. The van der Waals surface area contributed by atoms with Crippen molar-refractivity contribution >= 4 is 23.2 Å². The summed E-state index contributed by atoms with van der Waals surface area (Å²) in [6.45, 7) is 0. The molecule has 0 aliphatic heterocycles. The molecule has 1 aliphatic rings. The lowest BCUT2D eigenvalue weighted by molar-refractivity contribution is 0.354. The van der Waals surface area contributed by atoms with Gasteiger partial charge >= 0.3 is 0 Å². The molecule has 0 amide bonds. The van der Waals surface area contributed by atoms with Crippen LogP contribution in [-0.2, 0) is 0 Å². The number of halogens is 2. The highest BCUT2D eigenvalue weighted by molar-refractivity contribution is 6.33. The molecule has 1 aliphatic carbocycles.